The summed E-state index contributed by atoms with van der Waals surface area (Å²) >= 11 is 0. The van der Waals surface area contributed by atoms with Gasteiger partial charge in [0, 0.05) is 18.4 Å². The van der Waals surface area contributed by atoms with Gasteiger partial charge in [-0.2, -0.15) is 0 Å². The van der Waals surface area contributed by atoms with Crippen LogP contribution in [0.25, 0.3) is 0 Å². The summed E-state index contributed by atoms with van der Waals surface area (Å²) in [6, 6.07) is 0. The highest BCUT2D eigenvalue weighted by molar-refractivity contribution is 5.89. The van der Waals surface area contributed by atoms with E-state index in [1.54, 1.807) is 18.3 Å². The third-order valence-corrected chi connectivity index (χ3v) is 7.45. The van der Waals surface area contributed by atoms with Crippen molar-refractivity contribution in [2.24, 2.45) is 22.2 Å². The topological polar surface area (TPSA) is 52.9 Å². The normalized spacial score (nSPS) is 26.9. The van der Waals surface area contributed by atoms with Crippen LogP contribution in [0, 0.1) is 17.3 Å². The van der Waals surface area contributed by atoms with E-state index < -0.39 is 5.60 Å². The van der Waals surface area contributed by atoms with Crippen molar-refractivity contribution in [3.63, 3.8) is 0 Å². The molecule has 1 N–H and O–H groups in total. The molecule has 2 aliphatic rings. The maximum atomic E-state index is 13.4. The van der Waals surface area contributed by atoms with Gasteiger partial charge in [0.1, 0.15) is 0 Å². The van der Waals surface area contributed by atoms with Gasteiger partial charge in [0.2, 0.25) is 5.91 Å². The van der Waals surface area contributed by atoms with E-state index in [1.165, 1.54) is 19.3 Å². The number of amides is 1. The highest BCUT2D eigenvalue weighted by atomic mass is 16.3. The van der Waals surface area contributed by atoms with Crippen molar-refractivity contribution in [2.75, 3.05) is 13.6 Å². The van der Waals surface area contributed by atoms with Crippen LogP contribution in [-0.2, 0) is 4.79 Å². The number of hydrogen-bond donors (Lipinski definition) is 1. The number of nitrogens with zero attached hydrogens (tertiary/aromatic N) is 2. The molecule has 3 atom stereocenters. The van der Waals surface area contributed by atoms with E-state index in [0.717, 1.165) is 50.5 Å². The second-order valence-corrected chi connectivity index (χ2v) is 9.64. The summed E-state index contributed by atoms with van der Waals surface area (Å²) in [5, 5.41) is 12.0. The van der Waals surface area contributed by atoms with Crippen LogP contribution >= 0.6 is 0 Å². The molecule has 0 heterocycles. The number of rotatable bonds is 9. The molecule has 0 aromatic rings. The second-order valence-electron chi connectivity index (χ2n) is 9.64. The molecule has 0 spiro atoms. The average Bonchev–Trinajstić information content (AvgIpc) is 3.16. The second kappa shape index (κ2) is 10.0. The lowest BCUT2D eigenvalue weighted by Crippen LogP contribution is -2.56. The van der Waals surface area contributed by atoms with Gasteiger partial charge in [0.15, 0.2) is 0 Å². The van der Waals surface area contributed by atoms with Crippen molar-refractivity contribution in [3.05, 3.63) is 12.2 Å². The van der Waals surface area contributed by atoms with Gasteiger partial charge in [-0.15, -0.1) is 6.58 Å². The Morgan fingerprint density at radius 3 is 2.54 bits per heavy atom. The van der Waals surface area contributed by atoms with Crippen molar-refractivity contribution in [1.82, 2.24) is 4.90 Å². The lowest BCUT2D eigenvalue weighted by Gasteiger charge is -2.47. The van der Waals surface area contributed by atoms with E-state index in [9.17, 15) is 9.90 Å². The Morgan fingerprint density at radius 2 is 2.00 bits per heavy atom. The van der Waals surface area contributed by atoms with Crippen LogP contribution in [0.15, 0.2) is 17.1 Å². The summed E-state index contributed by atoms with van der Waals surface area (Å²) < 4.78 is 0. The minimum atomic E-state index is -0.895. The summed E-state index contributed by atoms with van der Waals surface area (Å²) in [5.74, 6) is 0.811. The predicted octanol–water partition coefficient (Wildman–Crippen LogP) is 5.36. The minimum absolute atomic E-state index is 0.0632. The number of aliphatic hydroxyl groups is 1. The molecule has 3 unspecified atom stereocenters. The first kappa shape index (κ1) is 23.1. The zero-order chi connectivity index (χ0) is 20.8. The summed E-state index contributed by atoms with van der Waals surface area (Å²) in [6.45, 7) is 10.9. The smallest absolute Gasteiger partial charge is 0.230 e. The molecule has 2 fully saturated rings. The Morgan fingerprint density at radius 1 is 1.32 bits per heavy atom. The Kier molecular flexibility index (Phi) is 8.30. The Labute approximate surface area is 172 Å². The molecule has 2 saturated carbocycles. The Bertz CT molecular complexity index is 565. The molecular formula is C24H42N2O2. The molecule has 0 saturated heterocycles. The number of allylic oxidation sites excluding steroid dienone is 1. The molecule has 2 rings (SSSR count). The van der Waals surface area contributed by atoms with E-state index >= 15 is 0 Å². The quantitative estimate of drug-likeness (QED) is 0.327. The number of carbonyl (C=O) groups is 1. The van der Waals surface area contributed by atoms with Gasteiger partial charge >= 0.3 is 0 Å². The molecule has 0 bridgehead atoms. The van der Waals surface area contributed by atoms with Gasteiger partial charge in [-0.1, -0.05) is 45.1 Å². The molecule has 4 nitrogen and oxygen atoms in total. The van der Waals surface area contributed by atoms with E-state index in [-0.39, 0.29) is 17.2 Å². The number of carbonyl (C=O) groups excluding carboxylic acids is 1. The van der Waals surface area contributed by atoms with Crippen molar-refractivity contribution < 1.29 is 9.90 Å². The minimum Gasteiger partial charge on any atom is -0.387 e. The molecule has 2 aliphatic carbocycles. The summed E-state index contributed by atoms with van der Waals surface area (Å²) in [6.07, 6.45) is 12.7. The van der Waals surface area contributed by atoms with Gasteiger partial charge < -0.3 is 10.0 Å². The zero-order valence-corrected chi connectivity index (χ0v) is 18.7. The van der Waals surface area contributed by atoms with E-state index in [2.05, 4.69) is 25.4 Å². The summed E-state index contributed by atoms with van der Waals surface area (Å²) in [7, 11) is 1.71. The first-order valence-electron chi connectivity index (χ1n) is 11.4. The Hall–Kier alpha value is -1.16. The zero-order valence-electron chi connectivity index (χ0n) is 18.7. The molecule has 4 heteroatoms. The monoisotopic (exact) mass is 390 g/mol. The van der Waals surface area contributed by atoms with Crippen LogP contribution in [0.3, 0.4) is 0 Å². The number of aliphatic imine (C=N–C) groups is 1. The van der Waals surface area contributed by atoms with Gasteiger partial charge in [-0.25, -0.2) is 0 Å². The maximum absolute atomic E-state index is 13.4. The van der Waals surface area contributed by atoms with Crippen LogP contribution in [-0.4, -0.2) is 41.4 Å². The number of hydrogen-bond acceptors (Lipinski definition) is 3. The fraction of sp³-hybridized carbons (Fsp3) is 0.833. The molecule has 1 amide bonds. The SMILES string of the molecule is C=C(C)CCC(O)(CN(C=NC)C(=O)C1CCCC(C)C1)C1(CC)CCCC1. The van der Waals surface area contributed by atoms with E-state index in [4.69, 9.17) is 0 Å². The van der Waals surface area contributed by atoms with E-state index in [1.807, 2.05) is 6.92 Å². The molecular weight excluding hydrogens is 348 g/mol. The third kappa shape index (κ3) is 5.25. The highest BCUT2D eigenvalue weighted by Gasteiger charge is 2.51. The average molecular weight is 391 g/mol. The standard InChI is InChI=1S/C24H42N2O2/c1-6-23(13-7-8-14-23)24(28,15-12-19(2)3)17-26(18-25-5)22(27)21-11-9-10-20(4)16-21/h18,20-21,28H,2,6-17H2,1,3-5H3. The first-order valence-corrected chi connectivity index (χ1v) is 11.4. The van der Waals surface area contributed by atoms with Crippen molar-refractivity contribution in [1.29, 1.82) is 0 Å². The van der Waals surface area contributed by atoms with Crippen LogP contribution in [0.2, 0.25) is 0 Å². The fourth-order valence-electron chi connectivity index (χ4n) is 5.62. The molecule has 0 aromatic heterocycles. The van der Waals surface area contributed by atoms with Gasteiger partial charge in [-0.3, -0.25) is 9.79 Å². The van der Waals surface area contributed by atoms with Crippen LogP contribution < -0.4 is 0 Å². The Balaban J connectivity index is 2.27. The molecule has 160 valence electrons. The fourth-order valence-corrected chi connectivity index (χ4v) is 5.62. The van der Waals surface area contributed by atoms with Crippen LogP contribution in [0.4, 0.5) is 0 Å². The predicted molar refractivity (Wildman–Crippen MR) is 117 cm³/mol. The van der Waals surface area contributed by atoms with Gasteiger partial charge in [-0.05, 0) is 57.8 Å². The van der Waals surface area contributed by atoms with Crippen molar-refractivity contribution in [2.45, 2.75) is 97.0 Å². The van der Waals surface area contributed by atoms with Crippen LogP contribution in [0.1, 0.15) is 91.4 Å². The lowest BCUT2D eigenvalue weighted by atomic mass is 9.66. The van der Waals surface area contributed by atoms with Crippen molar-refractivity contribution >= 4 is 12.2 Å². The first-order chi connectivity index (χ1) is 13.3. The molecule has 0 radical (unpaired) electrons. The molecule has 28 heavy (non-hydrogen) atoms. The molecule has 0 aromatic carbocycles. The largest absolute Gasteiger partial charge is 0.387 e. The third-order valence-electron chi connectivity index (χ3n) is 7.45. The lowest BCUT2D eigenvalue weighted by molar-refractivity contribution is -0.142. The highest BCUT2D eigenvalue weighted by Crippen LogP contribution is 2.51. The van der Waals surface area contributed by atoms with Crippen molar-refractivity contribution in [3.8, 4) is 0 Å². The van der Waals surface area contributed by atoms with Gasteiger partial charge in [0.25, 0.3) is 0 Å². The molecule has 0 aliphatic heterocycles. The maximum Gasteiger partial charge on any atom is 0.230 e. The summed E-state index contributed by atoms with van der Waals surface area (Å²) in [5.41, 5.74) is 0.0855. The van der Waals surface area contributed by atoms with Gasteiger partial charge in [0.05, 0.1) is 18.5 Å². The van der Waals surface area contributed by atoms with Crippen LogP contribution in [0.5, 0.6) is 0 Å². The summed E-state index contributed by atoms with van der Waals surface area (Å²) in [4.78, 5) is 19.3. The van der Waals surface area contributed by atoms with E-state index in [0.29, 0.717) is 18.9 Å².